The van der Waals surface area contributed by atoms with Crippen molar-refractivity contribution in [3.63, 3.8) is 0 Å². The van der Waals surface area contributed by atoms with Crippen LogP contribution in [0.3, 0.4) is 0 Å². The third kappa shape index (κ3) is 5.63. The van der Waals surface area contributed by atoms with Crippen LogP contribution >= 0.6 is 0 Å². The van der Waals surface area contributed by atoms with E-state index >= 15 is 0 Å². The first-order chi connectivity index (χ1) is 26.2. The summed E-state index contributed by atoms with van der Waals surface area (Å²) in [7, 11) is 0. The van der Waals surface area contributed by atoms with Gasteiger partial charge in [0.2, 0.25) is 0 Å². The molecule has 0 fully saturated rings. The maximum absolute atomic E-state index is 6.48. The number of hydrogen-bond donors (Lipinski definition) is 0. The first kappa shape index (κ1) is 30.6. The quantitative estimate of drug-likeness (QED) is 0.176. The molecule has 8 aromatic carbocycles. The molecule has 0 spiro atoms. The highest BCUT2D eigenvalue weighted by atomic mass is 16.3. The molecule has 2 aromatic heterocycles. The van der Waals surface area contributed by atoms with Crippen LogP contribution in [0.1, 0.15) is 0 Å². The molecule has 0 atom stereocenters. The standard InChI is InChI=1S/C49H31N3O/c1-3-12-32(13-4-1)37-18-9-19-38(30-37)33-24-26-36(27-25-33)47-50-48(52-49(51-47)42-22-10-17-34-16-7-8-20-40(34)42)39-28-29-43-45(31-39)53-44-23-11-21-41(46(43)44)35-14-5-2-6-15-35/h1-31H. The summed E-state index contributed by atoms with van der Waals surface area (Å²) in [5.74, 6) is 1.82. The van der Waals surface area contributed by atoms with Crippen molar-refractivity contribution in [2.24, 2.45) is 0 Å². The Kier molecular flexibility index (Phi) is 7.43. The third-order valence-corrected chi connectivity index (χ3v) is 9.95. The molecule has 0 saturated heterocycles. The van der Waals surface area contributed by atoms with Crippen molar-refractivity contribution < 1.29 is 4.42 Å². The van der Waals surface area contributed by atoms with E-state index in [1.807, 2.05) is 24.3 Å². The zero-order valence-electron chi connectivity index (χ0n) is 28.6. The van der Waals surface area contributed by atoms with Crippen LogP contribution < -0.4 is 0 Å². The summed E-state index contributed by atoms with van der Waals surface area (Å²) in [6.45, 7) is 0. The molecule has 0 aliphatic heterocycles. The average Bonchev–Trinajstić information content (AvgIpc) is 3.62. The lowest BCUT2D eigenvalue weighted by Crippen LogP contribution is -2.00. The van der Waals surface area contributed by atoms with Gasteiger partial charge in [-0.25, -0.2) is 15.0 Å². The minimum atomic E-state index is 0.586. The molecule has 248 valence electrons. The van der Waals surface area contributed by atoms with Gasteiger partial charge in [0.05, 0.1) is 0 Å². The maximum Gasteiger partial charge on any atom is 0.164 e. The third-order valence-electron chi connectivity index (χ3n) is 9.95. The fourth-order valence-electron chi connectivity index (χ4n) is 7.32. The predicted octanol–water partition coefficient (Wildman–Crippen LogP) is 12.9. The second kappa shape index (κ2) is 12.9. The van der Waals surface area contributed by atoms with Crippen molar-refractivity contribution in [1.82, 2.24) is 15.0 Å². The van der Waals surface area contributed by atoms with Crippen LogP contribution in [0, 0.1) is 0 Å². The fraction of sp³-hybridized carbons (Fsp3) is 0. The Morgan fingerprint density at radius 1 is 0.302 bits per heavy atom. The summed E-state index contributed by atoms with van der Waals surface area (Å²) < 4.78 is 6.48. The minimum Gasteiger partial charge on any atom is -0.456 e. The minimum absolute atomic E-state index is 0.586. The summed E-state index contributed by atoms with van der Waals surface area (Å²) in [5.41, 5.74) is 11.3. The van der Waals surface area contributed by atoms with E-state index in [1.54, 1.807) is 0 Å². The average molecular weight is 678 g/mol. The molecule has 10 rings (SSSR count). The predicted molar refractivity (Wildman–Crippen MR) is 217 cm³/mol. The number of hydrogen-bond acceptors (Lipinski definition) is 4. The van der Waals surface area contributed by atoms with Crippen molar-refractivity contribution >= 4 is 32.7 Å². The first-order valence-electron chi connectivity index (χ1n) is 17.8. The van der Waals surface area contributed by atoms with Crippen molar-refractivity contribution in [2.75, 3.05) is 0 Å². The van der Waals surface area contributed by atoms with Gasteiger partial charge in [-0.15, -0.1) is 0 Å². The summed E-state index contributed by atoms with van der Waals surface area (Å²) >= 11 is 0. The fourth-order valence-corrected chi connectivity index (χ4v) is 7.32. The molecule has 0 unspecified atom stereocenters. The zero-order chi connectivity index (χ0) is 35.1. The number of rotatable bonds is 6. The highest BCUT2D eigenvalue weighted by Crippen LogP contribution is 2.38. The number of furan rings is 1. The van der Waals surface area contributed by atoms with Gasteiger partial charge in [0.25, 0.3) is 0 Å². The van der Waals surface area contributed by atoms with Crippen LogP contribution in [0.5, 0.6) is 0 Å². The Hall–Kier alpha value is -7.17. The molecule has 4 nitrogen and oxygen atoms in total. The molecule has 4 heteroatoms. The van der Waals surface area contributed by atoms with Gasteiger partial charge < -0.3 is 4.42 Å². The van der Waals surface area contributed by atoms with Crippen LogP contribution in [-0.2, 0) is 0 Å². The lowest BCUT2D eigenvalue weighted by atomic mass is 9.98. The normalized spacial score (nSPS) is 11.4. The Bertz CT molecular complexity index is 2930. The lowest BCUT2D eigenvalue weighted by molar-refractivity contribution is 0.669. The largest absolute Gasteiger partial charge is 0.456 e. The molecule has 0 aliphatic carbocycles. The van der Waals surface area contributed by atoms with Gasteiger partial charge in [0.1, 0.15) is 11.2 Å². The van der Waals surface area contributed by atoms with E-state index in [0.717, 1.165) is 71.7 Å². The Morgan fingerprint density at radius 2 is 0.849 bits per heavy atom. The molecular weight excluding hydrogens is 647 g/mol. The number of nitrogens with zero attached hydrogens (tertiary/aromatic N) is 3. The van der Waals surface area contributed by atoms with Crippen LogP contribution in [0.25, 0.3) is 100 Å². The van der Waals surface area contributed by atoms with Crippen LogP contribution in [0.15, 0.2) is 192 Å². The number of aromatic nitrogens is 3. The zero-order valence-corrected chi connectivity index (χ0v) is 28.6. The van der Waals surface area contributed by atoms with E-state index in [2.05, 4.69) is 164 Å². The summed E-state index contributed by atoms with van der Waals surface area (Å²) in [5, 5.41) is 4.38. The molecule has 0 aliphatic rings. The Morgan fingerprint density at radius 3 is 1.64 bits per heavy atom. The van der Waals surface area contributed by atoms with Crippen LogP contribution in [0.2, 0.25) is 0 Å². The Balaban J connectivity index is 1.10. The van der Waals surface area contributed by atoms with E-state index < -0.39 is 0 Å². The van der Waals surface area contributed by atoms with Crippen molar-refractivity contribution in [1.29, 1.82) is 0 Å². The van der Waals surface area contributed by atoms with Crippen molar-refractivity contribution in [3.8, 4) is 67.5 Å². The number of fused-ring (bicyclic) bond motifs is 4. The van der Waals surface area contributed by atoms with Crippen molar-refractivity contribution in [2.45, 2.75) is 0 Å². The highest BCUT2D eigenvalue weighted by molar-refractivity contribution is 6.13. The molecule has 0 amide bonds. The van der Waals surface area contributed by atoms with E-state index in [9.17, 15) is 0 Å². The van der Waals surface area contributed by atoms with E-state index in [1.165, 1.54) is 11.1 Å². The molecule has 0 bridgehead atoms. The molecule has 0 saturated carbocycles. The monoisotopic (exact) mass is 677 g/mol. The van der Waals surface area contributed by atoms with E-state index in [4.69, 9.17) is 19.4 Å². The number of benzene rings is 8. The van der Waals surface area contributed by atoms with Gasteiger partial charge in [0, 0.05) is 27.5 Å². The van der Waals surface area contributed by atoms with Gasteiger partial charge in [-0.2, -0.15) is 0 Å². The highest BCUT2D eigenvalue weighted by Gasteiger charge is 2.17. The van der Waals surface area contributed by atoms with Gasteiger partial charge in [0.15, 0.2) is 17.5 Å². The second-order valence-corrected chi connectivity index (χ2v) is 13.2. The lowest BCUT2D eigenvalue weighted by Gasteiger charge is -2.11. The van der Waals surface area contributed by atoms with Gasteiger partial charge >= 0.3 is 0 Å². The van der Waals surface area contributed by atoms with Gasteiger partial charge in [-0.1, -0.05) is 164 Å². The molecule has 10 aromatic rings. The van der Waals surface area contributed by atoms with Crippen LogP contribution in [0.4, 0.5) is 0 Å². The first-order valence-corrected chi connectivity index (χ1v) is 17.8. The second-order valence-electron chi connectivity index (χ2n) is 13.2. The summed E-state index contributed by atoms with van der Waals surface area (Å²) in [6.07, 6.45) is 0. The molecular formula is C49H31N3O. The van der Waals surface area contributed by atoms with E-state index in [-0.39, 0.29) is 0 Å². The molecule has 0 N–H and O–H groups in total. The van der Waals surface area contributed by atoms with Gasteiger partial charge in [-0.3, -0.25) is 0 Å². The van der Waals surface area contributed by atoms with Crippen molar-refractivity contribution in [3.05, 3.63) is 188 Å². The van der Waals surface area contributed by atoms with Gasteiger partial charge in [-0.05, 0) is 68.4 Å². The van der Waals surface area contributed by atoms with Crippen LogP contribution in [-0.4, -0.2) is 15.0 Å². The molecule has 2 heterocycles. The summed E-state index contributed by atoms with van der Waals surface area (Å²) in [4.78, 5) is 15.3. The summed E-state index contributed by atoms with van der Waals surface area (Å²) in [6, 6.07) is 65.2. The maximum atomic E-state index is 6.48. The molecule has 0 radical (unpaired) electrons. The smallest absolute Gasteiger partial charge is 0.164 e. The Labute approximate surface area is 306 Å². The molecule has 53 heavy (non-hydrogen) atoms. The van der Waals surface area contributed by atoms with E-state index in [0.29, 0.717) is 17.5 Å². The topological polar surface area (TPSA) is 51.8 Å². The SMILES string of the molecule is c1ccc(-c2cccc(-c3ccc(-c4nc(-c5ccc6c(c5)oc5cccc(-c7ccccc7)c56)nc(-c5cccc6ccccc56)n4)cc3)c2)cc1.